The summed E-state index contributed by atoms with van der Waals surface area (Å²) in [6.07, 6.45) is 3.39. The first-order chi connectivity index (χ1) is 7.44. The van der Waals surface area contributed by atoms with Crippen LogP contribution in [0.3, 0.4) is 0 Å². The van der Waals surface area contributed by atoms with Crippen molar-refractivity contribution >= 4 is 15.6 Å². The van der Waals surface area contributed by atoms with E-state index in [9.17, 15) is 13.2 Å². The summed E-state index contributed by atoms with van der Waals surface area (Å²) in [7, 11) is -3.10. The molecule has 0 atom stereocenters. The number of pyridine rings is 1. The van der Waals surface area contributed by atoms with Gasteiger partial charge in [-0.2, -0.15) is 0 Å². The molecule has 4 nitrogen and oxygen atoms in total. The van der Waals surface area contributed by atoms with Crippen LogP contribution in [0.15, 0.2) is 18.3 Å². The Balaban J connectivity index is 2.81. The highest BCUT2D eigenvalue weighted by Crippen LogP contribution is 2.09. The van der Waals surface area contributed by atoms with E-state index >= 15 is 0 Å². The number of hydrogen-bond acceptors (Lipinski definition) is 4. The van der Waals surface area contributed by atoms with Gasteiger partial charge in [-0.3, -0.25) is 9.78 Å². The topological polar surface area (TPSA) is 64.1 Å². The second kappa shape index (κ2) is 5.21. The number of ketones is 1. The van der Waals surface area contributed by atoms with E-state index in [-0.39, 0.29) is 18.0 Å². The molecule has 0 aliphatic carbocycles. The molecule has 1 aromatic heterocycles. The van der Waals surface area contributed by atoms with Crippen LogP contribution in [-0.4, -0.2) is 31.2 Å². The molecule has 0 aliphatic heterocycles. The van der Waals surface area contributed by atoms with Gasteiger partial charge in [-0.05, 0) is 18.1 Å². The van der Waals surface area contributed by atoms with E-state index in [0.29, 0.717) is 12.1 Å². The number of aromatic nitrogens is 1. The molecule has 0 saturated heterocycles. The minimum atomic E-state index is -3.10. The minimum Gasteiger partial charge on any atom is -0.292 e. The normalized spacial score (nSPS) is 11.4. The van der Waals surface area contributed by atoms with Gasteiger partial charge in [0.2, 0.25) is 0 Å². The molecule has 0 aliphatic rings. The molecule has 0 saturated carbocycles. The van der Waals surface area contributed by atoms with Crippen molar-refractivity contribution in [1.29, 1.82) is 0 Å². The molecule has 0 spiro atoms. The summed E-state index contributed by atoms with van der Waals surface area (Å²) in [4.78, 5) is 15.7. The average Bonchev–Trinajstić information content (AvgIpc) is 2.25. The van der Waals surface area contributed by atoms with Crippen LogP contribution >= 0.6 is 0 Å². The quantitative estimate of drug-likeness (QED) is 0.728. The Morgan fingerprint density at radius 2 is 2.12 bits per heavy atom. The van der Waals surface area contributed by atoms with Gasteiger partial charge in [-0.1, -0.05) is 13.0 Å². The van der Waals surface area contributed by atoms with Crippen LogP contribution in [-0.2, 0) is 16.3 Å². The lowest BCUT2D eigenvalue weighted by Gasteiger charge is -2.04. The number of rotatable bonds is 5. The molecule has 0 N–H and O–H groups in total. The number of Topliss-reactive ketones (excluding diaryl/α,β-unsaturated/α-hetero) is 1. The third-order valence-corrected chi connectivity index (χ3v) is 3.18. The van der Waals surface area contributed by atoms with Crippen LogP contribution in [0.25, 0.3) is 0 Å². The fraction of sp³-hybridized carbons (Fsp3) is 0.455. The summed E-state index contributed by atoms with van der Waals surface area (Å²) in [6.45, 7) is 1.93. The molecule has 0 amide bonds. The first kappa shape index (κ1) is 12.8. The Hall–Kier alpha value is -1.23. The molecule has 1 rings (SSSR count). The maximum Gasteiger partial charge on any atom is 0.182 e. The largest absolute Gasteiger partial charge is 0.292 e. The number of carbonyl (C=O) groups is 1. The molecule has 0 fully saturated rings. The van der Waals surface area contributed by atoms with E-state index in [4.69, 9.17) is 0 Å². The van der Waals surface area contributed by atoms with Gasteiger partial charge < -0.3 is 0 Å². The average molecular weight is 241 g/mol. The zero-order valence-electron chi connectivity index (χ0n) is 9.43. The Morgan fingerprint density at radius 3 is 2.69 bits per heavy atom. The van der Waals surface area contributed by atoms with Crippen molar-refractivity contribution in [3.63, 3.8) is 0 Å². The number of nitrogens with zero attached hydrogens (tertiary/aromatic N) is 1. The Kier molecular flexibility index (Phi) is 4.18. The van der Waals surface area contributed by atoms with Crippen LogP contribution in [0.1, 0.15) is 29.4 Å². The Labute approximate surface area is 95.6 Å². The van der Waals surface area contributed by atoms with Crippen molar-refractivity contribution in [2.45, 2.75) is 19.8 Å². The number of carbonyl (C=O) groups excluding carboxylic acids is 1. The minimum absolute atomic E-state index is 0.00282. The second-order valence-corrected chi connectivity index (χ2v) is 5.93. The molecule has 1 heterocycles. The van der Waals surface area contributed by atoms with Crippen molar-refractivity contribution in [3.8, 4) is 0 Å². The molecule has 0 radical (unpaired) electrons. The molecule has 5 heteroatoms. The lowest BCUT2D eigenvalue weighted by Crippen LogP contribution is -2.12. The summed E-state index contributed by atoms with van der Waals surface area (Å²) in [6, 6.07) is 3.60. The second-order valence-electron chi connectivity index (χ2n) is 3.67. The number of hydrogen-bond donors (Lipinski definition) is 0. The molecule has 0 bridgehead atoms. The van der Waals surface area contributed by atoms with Gasteiger partial charge in [0.05, 0.1) is 5.75 Å². The van der Waals surface area contributed by atoms with E-state index in [1.54, 1.807) is 12.3 Å². The van der Waals surface area contributed by atoms with Crippen molar-refractivity contribution in [2.75, 3.05) is 12.0 Å². The highest BCUT2D eigenvalue weighted by molar-refractivity contribution is 7.90. The highest BCUT2D eigenvalue weighted by Gasteiger charge is 2.14. The molecular weight excluding hydrogens is 226 g/mol. The monoisotopic (exact) mass is 241 g/mol. The predicted octanol–water partition coefficient (Wildman–Crippen LogP) is 1.26. The predicted molar refractivity (Wildman–Crippen MR) is 62.3 cm³/mol. The molecule has 16 heavy (non-hydrogen) atoms. The third kappa shape index (κ3) is 3.73. The summed E-state index contributed by atoms with van der Waals surface area (Å²) in [5.74, 6) is -0.325. The van der Waals surface area contributed by atoms with Crippen LogP contribution in [0.4, 0.5) is 0 Å². The van der Waals surface area contributed by atoms with E-state index in [2.05, 4.69) is 4.98 Å². The lowest BCUT2D eigenvalue weighted by atomic mass is 10.1. The smallest absolute Gasteiger partial charge is 0.182 e. The first-order valence-corrected chi connectivity index (χ1v) is 7.15. The van der Waals surface area contributed by atoms with Crippen molar-refractivity contribution in [3.05, 3.63) is 29.6 Å². The fourth-order valence-corrected chi connectivity index (χ4v) is 1.93. The van der Waals surface area contributed by atoms with Crippen molar-refractivity contribution in [2.24, 2.45) is 0 Å². The first-order valence-electron chi connectivity index (χ1n) is 5.09. The highest BCUT2D eigenvalue weighted by atomic mass is 32.2. The molecule has 88 valence electrons. The van der Waals surface area contributed by atoms with Gasteiger partial charge in [0.25, 0.3) is 0 Å². The van der Waals surface area contributed by atoms with Gasteiger partial charge in [0.15, 0.2) is 5.78 Å². The van der Waals surface area contributed by atoms with E-state index < -0.39 is 9.84 Å². The zero-order valence-corrected chi connectivity index (χ0v) is 10.3. The number of aryl methyl sites for hydroxylation is 1. The molecule has 1 aromatic rings. The Bertz CT molecular complexity index is 480. The van der Waals surface area contributed by atoms with Crippen molar-refractivity contribution in [1.82, 2.24) is 4.98 Å². The summed E-state index contributed by atoms with van der Waals surface area (Å²) in [5.41, 5.74) is 1.26. The molecular formula is C11H15NO3S. The van der Waals surface area contributed by atoms with Gasteiger partial charge in [0, 0.05) is 18.9 Å². The fourth-order valence-electron chi connectivity index (χ4n) is 1.37. The van der Waals surface area contributed by atoms with Gasteiger partial charge >= 0.3 is 0 Å². The molecule has 0 unspecified atom stereocenters. The zero-order chi connectivity index (χ0) is 12.2. The van der Waals surface area contributed by atoms with E-state index in [1.165, 1.54) is 0 Å². The SMILES string of the molecule is CCc1cccnc1C(=O)CCS(C)(=O)=O. The summed E-state index contributed by atoms with van der Waals surface area (Å²) >= 11 is 0. The van der Waals surface area contributed by atoms with Gasteiger partial charge in [-0.15, -0.1) is 0 Å². The maximum absolute atomic E-state index is 11.7. The van der Waals surface area contributed by atoms with Crippen LogP contribution < -0.4 is 0 Å². The van der Waals surface area contributed by atoms with Crippen LogP contribution in [0.5, 0.6) is 0 Å². The van der Waals surface area contributed by atoms with Gasteiger partial charge in [0.1, 0.15) is 15.5 Å². The molecule has 0 aromatic carbocycles. The summed E-state index contributed by atoms with van der Waals surface area (Å²) in [5, 5.41) is 0. The maximum atomic E-state index is 11.7. The van der Waals surface area contributed by atoms with Crippen LogP contribution in [0, 0.1) is 0 Å². The van der Waals surface area contributed by atoms with E-state index in [1.807, 2.05) is 13.0 Å². The summed E-state index contributed by atoms with van der Waals surface area (Å²) < 4.78 is 21.9. The van der Waals surface area contributed by atoms with E-state index in [0.717, 1.165) is 11.8 Å². The number of sulfone groups is 1. The van der Waals surface area contributed by atoms with Gasteiger partial charge in [-0.25, -0.2) is 8.42 Å². The van der Waals surface area contributed by atoms with Crippen molar-refractivity contribution < 1.29 is 13.2 Å². The third-order valence-electron chi connectivity index (χ3n) is 2.24. The van der Waals surface area contributed by atoms with Crippen LogP contribution in [0.2, 0.25) is 0 Å². The Morgan fingerprint density at radius 1 is 1.44 bits per heavy atom. The standard InChI is InChI=1S/C11H15NO3S/c1-3-9-5-4-7-12-11(9)10(13)6-8-16(2,14)15/h4-5,7H,3,6,8H2,1-2H3. The lowest BCUT2D eigenvalue weighted by molar-refractivity contribution is 0.0983.